The summed E-state index contributed by atoms with van der Waals surface area (Å²) in [5.41, 5.74) is 13.7. The van der Waals surface area contributed by atoms with Gasteiger partial charge in [-0.2, -0.15) is 0 Å². The first-order valence-electron chi connectivity index (χ1n) is 22.9. The van der Waals surface area contributed by atoms with Gasteiger partial charge in [0.25, 0.3) is 5.91 Å². The van der Waals surface area contributed by atoms with Crippen LogP contribution in [0.2, 0.25) is 5.02 Å². The molecule has 4 bridgehead atoms. The fraction of sp³-hybridized carbons (Fsp3) is 0.360. The predicted octanol–water partition coefficient (Wildman–Crippen LogP) is 2.16. The Bertz CT molecular complexity index is 2630. The molecule has 2 heterocycles. The molecule has 1 saturated heterocycles. The summed E-state index contributed by atoms with van der Waals surface area (Å²) in [4.78, 5) is 111. The Morgan fingerprint density at radius 1 is 0.843 bits per heavy atom. The van der Waals surface area contributed by atoms with Crippen LogP contribution in [-0.4, -0.2) is 124 Å². The van der Waals surface area contributed by atoms with Crippen molar-refractivity contribution in [1.82, 2.24) is 36.4 Å². The molecule has 370 valence electrons. The number of unbranched alkanes of at least 4 members (excludes halogenated alkanes) is 1. The molecule has 8 amide bonds. The van der Waals surface area contributed by atoms with Crippen LogP contribution in [0.1, 0.15) is 73.5 Å². The van der Waals surface area contributed by atoms with Crippen molar-refractivity contribution in [3.8, 4) is 33.8 Å². The minimum Gasteiger partial charge on any atom is -0.507 e. The SMILES string of the molecule is CC1NC(=O)C(N(C)C(=O)C(CCCCN)NC(=O)c2ccc(-c3ccc(Cl)cc3)cc2)c2ccc(O)c(c2)-c2cc(ccc2O)CC(C(=O)NC(C)C(=O)N2CCCC2C(=O)NCC(N)=O)NC1=O. The van der Waals surface area contributed by atoms with Crippen molar-refractivity contribution in [2.45, 2.75) is 88.6 Å². The third-order valence-corrected chi connectivity index (χ3v) is 12.6. The largest absolute Gasteiger partial charge is 0.507 e. The van der Waals surface area contributed by atoms with Gasteiger partial charge in [0.2, 0.25) is 41.4 Å². The number of halogens is 1. The zero-order chi connectivity index (χ0) is 50.8. The van der Waals surface area contributed by atoms with Crippen LogP contribution >= 0.6 is 11.6 Å². The Hall–Kier alpha value is -7.51. The second-order valence-corrected chi connectivity index (χ2v) is 17.9. The molecule has 6 atom stereocenters. The zero-order valence-electron chi connectivity index (χ0n) is 39.0. The van der Waals surface area contributed by atoms with Crippen molar-refractivity contribution in [3.05, 3.63) is 107 Å². The minimum absolute atomic E-state index is 0.0692. The van der Waals surface area contributed by atoms with Gasteiger partial charge in [0.15, 0.2) is 0 Å². The smallest absolute Gasteiger partial charge is 0.251 e. The number of aromatic hydroxyl groups is 2. The number of phenols is 2. The maximum Gasteiger partial charge on any atom is 0.251 e. The van der Waals surface area contributed by atoms with E-state index < -0.39 is 90.1 Å². The van der Waals surface area contributed by atoms with Crippen LogP contribution in [0.15, 0.2) is 84.9 Å². The number of carbonyl (C=O) groups excluding carboxylic acids is 8. The molecule has 0 spiro atoms. The van der Waals surface area contributed by atoms with Crippen LogP contribution in [-0.2, 0) is 40.0 Å². The number of rotatable bonds is 15. The summed E-state index contributed by atoms with van der Waals surface area (Å²) in [6.45, 7) is 2.92. The van der Waals surface area contributed by atoms with E-state index in [0.717, 1.165) is 16.0 Å². The number of hydrogen-bond donors (Lipinski definition) is 9. The van der Waals surface area contributed by atoms with Crippen molar-refractivity contribution in [2.24, 2.45) is 11.5 Å². The van der Waals surface area contributed by atoms with Gasteiger partial charge in [0.05, 0.1) is 6.54 Å². The first-order chi connectivity index (χ1) is 33.4. The van der Waals surface area contributed by atoms with Crippen molar-refractivity contribution in [3.63, 3.8) is 0 Å². The number of carbonyl (C=O) groups is 8. The molecule has 0 saturated carbocycles. The molecule has 0 aromatic heterocycles. The van der Waals surface area contributed by atoms with Gasteiger partial charge in [-0.25, -0.2) is 0 Å². The number of nitrogens with two attached hydrogens (primary N) is 2. The lowest BCUT2D eigenvalue weighted by Gasteiger charge is -2.32. The van der Waals surface area contributed by atoms with Gasteiger partial charge < -0.3 is 58.1 Å². The normalized spacial score (nSPS) is 18.8. The number of fused-ring (bicyclic) bond motifs is 5. The van der Waals surface area contributed by atoms with E-state index in [4.69, 9.17) is 23.1 Å². The molecule has 4 aromatic carbocycles. The first-order valence-corrected chi connectivity index (χ1v) is 23.3. The second kappa shape index (κ2) is 23.2. The van der Waals surface area contributed by atoms with E-state index in [1.165, 1.54) is 62.2 Å². The van der Waals surface area contributed by atoms with Crippen LogP contribution < -0.4 is 38.1 Å². The van der Waals surface area contributed by atoms with E-state index in [1.807, 2.05) is 12.1 Å². The predicted molar refractivity (Wildman–Crippen MR) is 260 cm³/mol. The van der Waals surface area contributed by atoms with Crippen LogP contribution in [0.25, 0.3) is 22.3 Å². The Balaban J connectivity index is 1.27. The number of likely N-dealkylation sites (tertiary alicyclic amines) is 1. The van der Waals surface area contributed by atoms with Crippen LogP contribution in [0, 0.1) is 0 Å². The quantitative estimate of drug-likeness (QED) is 0.0778. The molecule has 20 heteroatoms. The standard InChI is InChI=1S/C50H58ClN9O10/c1-27-44(64)58-38(46(66)56-28(2)49(69)60-22-6-8-39(60)47(67)54-26-42(53)63)24-29-9-19-40(61)35(23-29)36-25-33(16-20-41(36)62)43(48(68)55-27)59(3)50(70)37(7-4-5-21-52)57-45(65)32-12-10-30(11-13-32)31-14-17-34(51)18-15-31/h9-20,23,25,27-28,37-39,43,61-62H,4-8,21-22,24,26,52H2,1-3H3,(H2,53,63)(H,54,67)(H,55,68)(H,56,66)(H,57,65)(H,58,64). The van der Waals surface area contributed by atoms with E-state index in [9.17, 15) is 48.6 Å². The molecular formula is C50H58ClN9O10. The molecular weight excluding hydrogens is 922 g/mol. The van der Waals surface area contributed by atoms with E-state index >= 15 is 0 Å². The van der Waals surface area contributed by atoms with E-state index in [1.54, 1.807) is 36.4 Å². The number of nitrogens with one attached hydrogen (secondary N) is 5. The van der Waals surface area contributed by atoms with Gasteiger partial charge in [0.1, 0.15) is 47.8 Å². The second-order valence-electron chi connectivity index (χ2n) is 17.5. The molecule has 0 radical (unpaired) electrons. The summed E-state index contributed by atoms with van der Waals surface area (Å²) in [5, 5.41) is 36.2. The lowest BCUT2D eigenvalue weighted by Crippen LogP contribution is -2.58. The number of hydrogen-bond acceptors (Lipinski definition) is 11. The highest BCUT2D eigenvalue weighted by molar-refractivity contribution is 6.30. The summed E-state index contributed by atoms with van der Waals surface area (Å²) in [6.07, 6.45) is 1.76. The van der Waals surface area contributed by atoms with Crippen LogP contribution in [0.4, 0.5) is 0 Å². The van der Waals surface area contributed by atoms with Crippen molar-refractivity contribution < 1.29 is 48.6 Å². The lowest BCUT2D eigenvalue weighted by atomic mass is 9.93. The molecule has 4 aromatic rings. The molecule has 6 unspecified atom stereocenters. The summed E-state index contributed by atoms with van der Waals surface area (Å²) in [7, 11) is 1.37. The van der Waals surface area contributed by atoms with E-state index in [2.05, 4.69) is 26.6 Å². The van der Waals surface area contributed by atoms with Gasteiger partial charge in [-0.1, -0.05) is 48.0 Å². The van der Waals surface area contributed by atoms with Gasteiger partial charge in [0, 0.05) is 41.7 Å². The fourth-order valence-corrected chi connectivity index (χ4v) is 8.68. The average molecular weight is 981 g/mol. The number of phenolic OH excluding ortho intramolecular Hbond substituents is 2. The summed E-state index contributed by atoms with van der Waals surface area (Å²) < 4.78 is 0. The Morgan fingerprint density at radius 3 is 2.14 bits per heavy atom. The van der Waals surface area contributed by atoms with Crippen molar-refractivity contribution >= 4 is 58.9 Å². The molecule has 1 fully saturated rings. The van der Waals surface area contributed by atoms with Gasteiger partial charge in [-0.05, 0) is 123 Å². The maximum atomic E-state index is 14.7. The highest BCUT2D eigenvalue weighted by atomic mass is 35.5. The third kappa shape index (κ3) is 12.6. The van der Waals surface area contributed by atoms with Crippen LogP contribution in [0.3, 0.4) is 0 Å². The van der Waals surface area contributed by atoms with Gasteiger partial charge >= 0.3 is 0 Å². The average Bonchev–Trinajstić information content (AvgIpc) is 3.83. The Morgan fingerprint density at radius 2 is 1.49 bits per heavy atom. The lowest BCUT2D eigenvalue weighted by molar-refractivity contribution is -0.142. The third-order valence-electron chi connectivity index (χ3n) is 12.4. The molecule has 19 nitrogen and oxygen atoms in total. The van der Waals surface area contributed by atoms with Crippen molar-refractivity contribution in [1.29, 1.82) is 0 Å². The number of primary amides is 1. The van der Waals surface area contributed by atoms with Gasteiger partial charge in [-0.15, -0.1) is 0 Å². The minimum atomic E-state index is -1.49. The Kier molecular flexibility index (Phi) is 17.2. The van der Waals surface area contributed by atoms with Crippen molar-refractivity contribution in [2.75, 3.05) is 26.7 Å². The number of amides is 8. The molecule has 6 rings (SSSR count). The topological polar surface area (TPSA) is 296 Å². The maximum absolute atomic E-state index is 14.7. The number of benzene rings is 4. The molecule has 2 aliphatic heterocycles. The molecule has 11 N–H and O–H groups in total. The molecule has 2 aliphatic rings. The van der Waals surface area contributed by atoms with E-state index in [0.29, 0.717) is 42.8 Å². The highest BCUT2D eigenvalue weighted by Crippen LogP contribution is 2.39. The zero-order valence-corrected chi connectivity index (χ0v) is 39.8. The summed E-state index contributed by atoms with van der Waals surface area (Å²) >= 11 is 6.06. The monoisotopic (exact) mass is 979 g/mol. The number of likely N-dealkylation sites (N-methyl/N-ethyl adjacent to an activating group) is 1. The summed E-state index contributed by atoms with van der Waals surface area (Å²) in [5.74, 6) is -6.14. The first kappa shape index (κ1) is 51.9. The summed E-state index contributed by atoms with van der Waals surface area (Å²) in [6, 6.07) is 15.1. The fourth-order valence-electron chi connectivity index (χ4n) is 8.56. The van der Waals surface area contributed by atoms with Crippen LogP contribution in [0.5, 0.6) is 11.5 Å². The molecule has 0 aliphatic carbocycles. The Labute approximate surface area is 409 Å². The highest BCUT2D eigenvalue weighted by Gasteiger charge is 2.39. The van der Waals surface area contributed by atoms with E-state index in [-0.39, 0.29) is 53.1 Å². The van der Waals surface area contributed by atoms with Gasteiger partial charge in [-0.3, -0.25) is 38.4 Å². The molecule has 70 heavy (non-hydrogen) atoms. The number of nitrogens with zero attached hydrogens (tertiary/aromatic N) is 2.